The van der Waals surface area contributed by atoms with E-state index in [2.05, 4.69) is 5.10 Å². The molecule has 11 heteroatoms. The molecule has 42 heavy (non-hydrogen) atoms. The summed E-state index contributed by atoms with van der Waals surface area (Å²) in [4.78, 5) is 56.3. The molecule has 1 aliphatic carbocycles. The van der Waals surface area contributed by atoms with Crippen LogP contribution in [0.3, 0.4) is 0 Å². The quantitative estimate of drug-likeness (QED) is 0.464. The minimum atomic E-state index is -1.46. The fraction of sp³-hybridized carbons (Fsp3) is 0.387. The average molecular weight is 574 g/mol. The number of hydrogen-bond donors (Lipinski definition) is 0. The summed E-state index contributed by atoms with van der Waals surface area (Å²) in [5.74, 6) is -1.28. The summed E-state index contributed by atoms with van der Waals surface area (Å²) in [7, 11) is 3.38. The molecular weight excluding hydrogens is 541 g/mol. The Balaban J connectivity index is 1.19. The highest BCUT2D eigenvalue weighted by Gasteiger charge is 2.58. The molecule has 1 unspecified atom stereocenters. The van der Waals surface area contributed by atoms with E-state index in [4.69, 9.17) is 4.74 Å². The molecule has 10 nitrogen and oxygen atoms in total. The smallest absolute Gasteiger partial charge is 0.418 e. The van der Waals surface area contributed by atoms with E-state index >= 15 is 0 Å². The van der Waals surface area contributed by atoms with Crippen LogP contribution in [-0.2, 0) is 50.7 Å². The van der Waals surface area contributed by atoms with Crippen LogP contribution in [0.5, 0.6) is 0 Å². The standard InChI is InChI=1S/C31H32FN5O5/c1-19-4-5-21-13-25(32)8-6-23(21)16-36(19)28(39)18-37-29(40)31(42-30(37)41)11-10-22-12-20(7-9-26(22)31)24-14-33-35(15-24)17-27(38)34(2)3/h6-9,12-15,19H,4-5,10-11,16-18H2,1-3H3/t19-,31?/m1/s1. The van der Waals surface area contributed by atoms with Gasteiger partial charge in [0.15, 0.2) is 0 Å². The van der Waals surface area contributed by atoms with Crippen LogP contribution in [0.4, 0.5) is 9.18 Å². The maximum atomic E-state index is 13.8. The van der Waals surface area contributed by atoms with Crippen LogP contribution in [0.2, 0.25) is 0 Å². The highest BCUT2D eigenvalue weighted by Crippen LogP contribution is 2.46. The summed E-state index contributed by atoms with van der Waals surface area (Å²) in [6.45, 7) is 1.91. The SMILES string of the molecule is C[C@@H]1CCc2cc(F)ccc2CN1C(=O)CN1C(=O)OC2(CCc3cc(-c4cnn(CC(=O)N(C)C)c4)ccc32)C1=O. The number of ether oxygens (including phenoxy) is 1. The van der Waals surface area contributed by atoms with Crippen molar-refractivity contribution in [1.29, 1.82) is 0 Å². The van der Waals surface area contributed by atoms with Crippen LogP contribution >= 0.6 is 0 Å². The van der Waals surface area contributed by atoms with Gasteiger partial charge in [0.2, 0.25) is 17.4 Å². The predicted octanol–water partition coefficient (Wildman–Crippen LogP) is 3.26. The van der Waals surface area contributed by atoms with E-state index in [9.17, 15) is 23.6 Å². The van der Waals surface area contributed by atoms with Crippen molar-refractivity contribution in [2.24, 2.45) is 0 Å². The van der Waals surface area contributed by atoms with Crippen LogP contribution in [-0.4, -0.2) is 75.0 Å². The van der Waals surface area contributed by atoms with Crippen LogP contribution in [0.15, 0.2) is 48.8 Å². The summed E-state index contributed by atoms with van der Waals surface area (Å²) < 4.78 is 21.1. The molecule has 2 aromatic carbocycles. The van der Waals surface area contributed by atoms with Crippen molar-refractivity contribution in [2.75, 3.05) is 20.6 Å². The molecule has 0 saturated carbocycles. The third-order valence-corrected chi connectivity index (χ3v) is 8.61. The number of rotatable bonds is 5. The number of aromatic nitrogens is 2. The molecule has 2 atom stereocenters. The Kier molecular flexibility index (Phi) is 6.83. The third kappa shape index (κ3) is 4.72. The van der Waals surface area contributed by atoms with Gasteiger partial charge in [0.25, 0.3) is 5.91 Å². The van der Waals surface area contributed by atoms with Gasteiger partial charge in [-0.3, -0.25) is 19.1 Å². The maximum absolute atomic E-state index is 13.8. The normalized spacial score (nSPS) is 21.3. The Morgan fingerprint density at radius 1 is 1.05 bits per heavy atom. The van der Waals surface area contributed by atoms with Gasteiger partial charge >= 0.3 is 6.09 Å². The zero-order valence-corrected chi connectivity index (χ0v) is 23.8. The Bertz CT molecular complexity index is 1620. The lowest BCUT2D eigenvalue weighted by atomic mass is 9.93. The Morgan fingerprint density at radius 3 is 2.64 bits per heavy atom. The number of halogens is 1. The van der Waals surface area contributed by atoms with E-state index in [1.807, 2.05) is 19.1 Å². The number of hydrogen-bond acceptors (Lipinski definition) is 6. The first-order chi connectivity index (χ1) is 20.1. The molecular formula is C31H32FN5O5. The van der Waals surface area contributed by atoms with Crippen molar-refractivity contribution >= 4 is 23.8 Å². The number of imide groups is 1. The summed E-state index contributed by atoms with van der Waals surface area (Å²) >= 11 is 0. The molecule has 1 saturated heterocycles. The second kappa shape index (κ2) is 10.4. The number of carbonyl (C=O) groups is 4. The molecule has 3 aliphatic rings. The number of fused-ring (bicyclic) bond motifs is 3. The van der Waals surface area contributed by atoms with Crippen molar-refractivity contribution < 1.29 is 28.3 Å². The highest BCUT2D eigenvalue weighted by atomic mass is 19.1. The zero-order chi connectivity index (χ0) is 29.8. The summed E-state index contributed by atoms with van der Waals surface area (Å²) in [6.07, 6.45) is 4.74. The maximum Gasteiger partial charge on any atom is 0.418 e. The lowest BCUT2D eigenvalue weighted by Gasteiger charge is -2.28. The topological polar surface area (TPSA) is 105 Å². The van der Waals surface area contributed by atoms with Gasteiger partial charge in [-0.25, -0.2) is 14.1 Å². The molecule has 3 heterocycles. The fourth-order valence-electron chi connectivity index (χ4n) is 6.11. The zero-order valence-electron chi connectivity index (χ0n) is 23.8. The van der Waals surface area contributed by atoms with E-state index in [0.29, 0.717) is 24.8 Å². The number of carbonyl (C=O) groups excluding carboxylic acids is 4. The van der Waals surface area contributed by atoms with Crippen molar-refractivity contribution in [2.45, 2.75) is 57.3 Å². The summed E-state index contributed by atoms with van der Waals surface area (Å²) in [5, 5.41) is 4.29. The highest BCUT2D eigenvalue weighted by molar-refractivity contribution is 6.06. The first kappa shape index (κ1) is 27.6. The first-order valence-corrected chi connectivity index (χ1v) is 14.0. The molecule has 2 aliphatic heterocycles. The largest absolute Gasteiger partial charge is 0.427 e. The van der Waals surface area contributed by atoms with Gasteiger partial charge in [0.1, 0.15) is 18.9 Å². The molecule has 218 valence electrons. The molecule has 1 spiro atoms. The van der Waals surface area contributed by atoms with Crippen LogP contribution in [0.1, 0.15) is 42.0 Å². The second-order valence-corrected chi connectivity index (χ2v) is 11.5. The molecule has 1 aromatic heterocycles. The predicted molar refractivity (Wildman–Crippen MR) is 149 cm³/mol. The van der Waals surface area contributed by atoms with E-state index in [-0.39, 0.29) is 43.2 Å². The van der Waals surface area contributed by atoms with E-state index < -0.39 is 24.1 Å². The minimum Gasteiger partial charge on any atom is -0.427 e. The van der Waals surface area contributed by atoms with Gasteiger partial charge in [-0.1, -0.05) is 24.3 Å². The lowest BCUT2D eigenvalue weighted by molar-refractivity contribution is -0.143. The number of aryl methyl sites for hydroxylation is 2. The van der Waals surface area contributed by atoms with Crippen molar-refractivity contribution in [1.82, 2.24) is 24.5 Å². The third-order valence-electron chi connectivity index (χ3n) is 8.61. The Labute approximate surface area is 242 Å². The summed E-state index contributed by atoms with van der Waals surface area (Å²) in [6, 6.07) is 10.0. The van der Waals surface area contributed by atoms with Crippen molar-refractivity contribution in [3.63, 3.8) is 0 Å². The number of amides is 4. The summed E-state index contributed by atoms with van der Waals surface area (Å²) in [5.41, 5.74) is 3.46. The van der Waals surface area contributed by atoms with Crippen LogP contribution in [0.25, 0.3) is 11.1 Å². The Morgan fingerprint density at radius 2 is 1.86 bits per heavy atom. The molecule has 1 fully saturated rings. The minimum absolute atomic E-state index is 0.0735. The van der Waals surface area contributed by atoms with Gasteiger partial charge in [0.05, 0.1) is 6.20 Å². The van der Waals surface area contributed by atoms with Crippen LogP contribution in [0, 0.1) is 5.82 Å². The van der Waals surface area contributed by atoms with Gasteiger partial charge in [-0.2, -0.15) is 5.10 Å². The first-order valence-electron chi connectivity index (χ1n) is 14.0. The van der Waals surface area contributed by atoms with Crippen LogP contribution < -0.4 is 0 Å². The Hall–Kier alpha value is -4.54. The lowest BCUT2D eigenvalue weighted by Crippen LogP contribution is -2.46. The van der Waals surface area contributed by atoms with E-state index in [1.165, 1.54) is 17.0 Å². The van der Waals surface area contributed by atoms with E-state index in [0.717, 1.165) is 32.7 Å². The van der Waals surface area contributed by atoms with Crippen molar-refractivity contribution in [3.05, 3.63) is 76.9 Å². The second-order valence-electron chi connectivity index (χ2n) is 11.5. The number of nitrogens with zero attached hydrogens (tertiary/aromatic N) is 5. The molecule has 0 bridgehead atoms. The monoisotopic (exact) mass is 573 g/mol. The number of benzene rings is 2. The van der Waals surface area contributed by atoms with Gasteiger partial charge in [-0.15, -0.1) is 0 Å². The van der Waals surface area contributed by atoms with E-state index in [1.54, 1.807) is 48.2 Å². The van der Waals surface area contributed by atoms with Gasteiger partial charge in [0, 0.05) is 50.4 Å². The molecule has 0 radical (unpaired) electrons. The fourth-order valence-corrected chi connectivity index (χ4v) is 6.11. The molecule has 3 aromatic rings. The molecule has 0 N–H and O–H groups in total. The van der Waals surface area contributed by atoms with Crippen molar-refractivity contribution in [3.8, 4) is 11.1 Å². The molecule has 4 amide bonds. The molecule has 6 rings (SSSR count). The van der Waals surface area contributed by atoms with Gasteiger partial charge < -0.3 is 14.5 Å². The average Bonchev–Trinajstić information content (AvgIpc) is 3.60. The van der Waals surface area contributed by atoms with Gasteiger partial charge in [-0.05, 0) is 60.6 Å². The number of likely N-dealkylation sites (N-methyl/N-ethyl adjacent to an activating group) is 1.